The van der Waals surface area contributed by atoms with Gasteiger partial charge in [0.15, 0.2) is 11.5 Å². The molecule has 1 aliphatic heterocycles. The van der Waals surface area contributed by atoms with Crippen LogP contribution in [0.1, 0.15) is 49.7 Å². The van der Waals surface area contributed by atoms with Gasteiger partial charge in [0.25, 0.3) is 0 Å². The van der Waals surface area contributed by atoms with Crippen molar-refractivity contribution in [3.63, 3.8) is 0 Å². The second kappa shape index (κ2) is 9.41. The average Bonchev–Trinajstić information content (AvgIpc) is 3.46. The van der Waals surface area contributed by atoms with Gasteiger partial charge in [-0.25, -0.2) is 0 Å². The van der Waals surface area contributed by atoms with Gasteiger partial charge in [-0.05, 0) is 61.8 Å². The standard InChI is InChI=1S/C25H29NO5/c27-23(28)10-4-5-15-26(16-6-9-19-7-2-1-3-8-19)24(29)25(13-14-25)20-11-12-21-22(17-20)31-18-30-21/h1-3,7-8,11-12,17H,4-6,9-10,13-16,18H2,(H,27,28). The Hall–Kier alpha value is -3.02. The van der Waals surface area contributed by atoms with Crippen molar-refractivity contribution < 1.29 is 24.2 Å². The first kappa shape index (κ1) is 21.2. The van der Waals surface area contributed by atoms with Crippen LogP contribution in [0.25, 0.3) is 0 Å². The van der Waals surface area contributed by atoms with Gasteiger partial charge in [-0.3, -0.25) is 9.59 Å². The van der Waals surface area contributed by atoms with Crippen LogP contribution in [0.15, 0.2) is 48.5 Å². The third kappa shape index (κ3) is 5.01. The number of aryl methyl sites for hydroxylation is 1. The SMILES string of the molecule is O=C(O)CCCCN(CCCc1ccccc1)C(=O)C1(c2ccc3c(c2)OCO3)CC1. The lowest BCUT2D eigenvalue weighted by Crippen LogP contribution is -2.40. The lowest BCUT2D eigenvalue weighted by Gasteiger charge is -2.28. The molecule has 1 saturated carbocycles. The molecule has 0 aromatic heterocycles. The molecule has 0 saturated heterocycles. The molecule has 1 N–H and O–H groups in total. The summed E-state index contributed by atoms with van der Waals surface area (Å²) < 4.78 is 10.9. The number of carbonyl (C=O) groups is 2. The van der Waals surface area contributed by atoms with E-state index in [9.17, 15) is 9.59 Å². The molecule has 6 nitrogen and oxygen atoms in total. The van der Waals surface area contributed by atoms with E-state index < -0.39 is 11.4 Å². The van der Waals surface area contributed by atoms with Gasteiger partial charge in [0.1, 0.15) is 0 Å². The van der Waals surface area contributed by atoms with Crippen LogP contribution in [0.2, 0.25) is 0 Å². The van der Waals surface area contributed by atoms with Crippen LogP contribution in [-0.2, 0) is 21.4 Å². The number of benzene rings is 2. The summed E-state index contributed by atoms with van der Waals surface area (Å²) in [5, 5.41) is 8.92. The van der Waals surface area contributed by atoms with Crippen molar-refractivity contribution in [2.45, 2.75) is 50.4 Å². The van der Waals surface area contributed by atoms with Gasteiger partial charge in [-0.1, -0.05) is 36.4 Å². The Morgan fingerprint density at radius 1 is 0.935 bits per heavy atom. The zero-order valence-electron chi connectivity index (χ0n) is 17.7. The summed E-state index contributed by atoms with van der Waals surface area (Å²) >= 11 is 0. The molecule has 31 heavy (non-hydrogen) atoms. The Bertz CT molecular complexity index is 923. The predicted molar refractivity (Wildman–Crippen MR) is 116 cm³/mol. The highest BCUT2D eigenvalue weighted by Gasteiger charge is 2.53. The molecule has 0 radical (unpaired) electrons. The number of ether oxygens (including phenoxy) is 2. The van der Waals surface area contributed by atoms with Crippen LogP contribution >= 0.6 is 0 Å². The van der Waals surface area contributed by atoms with Crippen molar-refractivity contribution in [1.29, 1.82) is 0 Å². The zero-order chi connectivity index (χ0) is 21.7. The number of hydrogen-bond donors (Lipinski definition) is 1. The zero-order valence-corrected chi connectivity index (χ0v) is 17.7. The van der Waals surface area contributed by atoms with E-state index in [1.54, 1.807) is 0 Å². The number of amides is 1. The van der Waals surface area contributed by atoms with Gasteiger partial charge < -0.3 is 19.5 Å². The molecule has 2 aliphatic rings. The fourth-order valence-electron chi connectivity index (χ4n) is 4.26. The Kier molecular flexibility index (Phi) is 6.44. The number of carboxylic acid groups (broad SMARTS) is 1. The molecule has 2 aromatic carbocycles. The van der Waals surface area contributed by atoms with Crippen LogP contribution in [0.5, 0.6) is 11.5 Å². The maximum absolute atomic E-state index is 13.6. The molecular formula is C25H29NO5. The highest BCUT2D eigenvalue weighted by Crippen LogP contribution is 2.51. The fraction of sp³-hybridized carbons (Fsp3) is 0.440. The molecule has 2 aromatic rings. The fourth-order valence-corrected chi connectivity index (χ4v) is 4.26. The Morgan fingerprint density at radius 2 is 1.68 bits per heavy atom. The van der Waals surface area contributed by atoms with Crippen molar-refractivity contribution in [1.82, 2.24) is 4.90 Å². The van der Waals surface area contributed by atoms with E-state index >= 15 is 0 Å². The van der Waals surface area contributed by atoms with E-state index in [4.69, 9.17) is 14.6 Å². The van der Waals surface area contributed by atoms with Gasteiger partial charge in [0.2, 0.25) is 12.7 Å². The van der Waals surface area contributed by atoms with E-state index in [1.807, 2.05) is 41.3 Å². The van der Waals surface area contributed by atoms with Crippen LogP contribution in [0.3, 0.4) is 0 Å². The van der Waals surface area contributed by atoms with Crippen molar-refractivity contribution in [3.8, 4) is 11.5 Å². The Morgan fingerprint density at radius 3 is 2.42 bits per heavy atom. The molecule has 0 bridgehead atoms. The van der Waals surface area contributed by atoms with Gasteiger partial charge >= 0.3 is 5.97 Å². The first-order chi connectivity index (χ1) is 15.1. The number of fused-ring (bicyclic) bond motifs is 1. The van der Waals surface area contributed by atoms with E-state index in [0.29, 0.717) is 31.7 Å². The van der Waals surface area contributed by atoms with Gasteiger partial charge in [0.05, 0.1) is 5.41 Å². The Labute approximate surface area is 182 Å². The molecule has 1 heterocycles. The van der Waals surface area contributed by atoms with Crippen molar-refractivity contribution in [3.05, 3.63) is 59.7 Å². The first-order valence-corrected chi connectivity index (χ1v) is 11.0. The third-order valence-corrected chi connectivity index (χ3v) is 6.18. The number of rotatable bonds is 11. The summed E-state index contributed by atoms with van der Waals surface area (Å²) in [5.74, 6) is 0.782. The molecule has 1 fully saturated rings. The third-order valence-electron chi connectivity index (χ3n) is 6.18. The minimum atomic E-state index is -0.791. The van der Waals surface area contributed by atoms with Crippen LogP contribution < -0.4 is 9.47 Å². The minimum absolute atomic E-state index is 0.138. The van der Waals surface area contributed by atoms with E-state index in [-0.39, 0.29) is 19.1 Å². The van der Waals surface area contributed by atoms with Crippen molar-refractivity contribution in [2.75, 3.05) is 19.9 Å². The normalized spacial score (nSPS) is 15.5. The van der Waals surface area contributed by atoms with Crippen LogP contribution in [0.4, 0.5) is 0 Å². The van der Waals surface area contributed by atoms with E-state index in [2.05, 4.69) is 12.1 Å². The Balaban J connectivity index is 1.43. The monoisotopic (exact) mass is 423 g/mol. The van der Waals surface area contributed by atoms with E-state index in [0.717, 1.165) is 37.0 Å². The lowest BCUT2D eigenvalue weighted by atomic mass is 9.93. The van der Waals surface area contributed by atoms with Gasteiger partial charge in [0, 0.05) is 19.5 Å². The number of hydrogen-bond acceptors (Lipinski definition) is 4. The largest absolute Gasteiger partial charge is 0.481 e. The second-order valence-corrected chi connectivity index (χ2v) is 8.38. The quantitative estimate of drug-likeness (QED) is 0.549. The highest BCUT2D eigenvalue weighted by molar-refractivity contribution is 5.91. The smallest absolute Gasteiger partial charge is 0.303 e. The van der Waals surface area contributed by atoms with E-state index in [1.165, 1.54) is 5.56 Å². The molecular weight excluding hydrogens is 394 g/mol. The van der Waals surface area contributed by atoms with Crippen LogP contribution in [-0.4, -0.2) is 41.8 Å². The summed E-state index contributed by atoms with van der Waals surface area (Å²) in [6.45, 7) is 1.48. The molecule has 0 unspecified atom stereocenters. The second-order valence-electron chi connectivity index (χ2n) is 8.38. The average molecular weight is 424 g/mol. The summed E-state index contributed by atoms with van der Waals surface area (Å²) in [5.41, 5.74) is 1.76. The molecule has 1 amide bonds. The summed E-state index contributed by atoms with van der Waals surface area (Å²) in [7, 11) is 0. The molecule has 4 rings (SSSR count). The number of nitrogens with zero attached hydrogens (tertiary/aromatic N) is 1. The minimum Gasteiger partial charge on any atom is -0.481 e. The number of carbonyl (C=O) groups excluding carboxylic acids is 1. The number of aliphatic carboxylic acids is 1. The molecule has 1 aliphatic carbocycles. The lowest BCUT2D eigenvalue weighted by molar-refractivity contribution is -0.137. The number of carboxylic acids is 1. The van der Waals surface area contributed by atoms with Crippen molar-refractivity contribution >= 4 is 11.9 Å². The van der Waals surface area contributed by atoms with Gasteiger partial charge in [-0.15, -0.1) is 0 Å². The maximum Gasteiger partial charge on any atom is 0.303 e. The topological polar surface area (TPSA) is 76.1 Å². The summed E-state index contributed by atoms with van der Waals surface area (Å²) in [4.78, 5) is 26.4. The molecule has 0 spiro atoms. The van der Waals surface area contributed by atoms with Crippen LogP contribution in [0, 0.1) is 0 Å². The predicted octanol–water partition coefficient (Wildman–Crippen LogP) is 4.16. The molecule has 0 atom stereocenters. The molecule has 6 heteroatoms. The summed E-state index contributed by atoms with van der Waals surface area (Å²) in [6, 6.07) is 16.1. The van der Waals surface area contributed by atoms with Gasteiger partial charge in [-0.2, -0.15) is 0 Å². The number of unbranched alkanes of at least 4 members (excludes halogenated alkanes) is 1. The van der Waals surface area contributed by atoms with Crippen molar-refractivity contribution in [2.24, 2.45) is 0 Å². The first-order valence-electron chi connectivity index (χ1n) is 11.0. The maximum atomic E-state index is 13.6. The highest BCUT2D eigenvalue weighted by atomic mass is 16.7. The summed E-state index contributed by atoms with van der Waals surface area (Å²) in [6.07, 6.45) is 4.86. The molecule has 164 valence electrons.